The van der Waals surface area contributed by atoms with Gasteiger partial charge in [0.25, 0.3) is 0 Å². The second-order valence-electron chi connectivity index (χ2n) is 3.43. The number of nitriles is 1. The molecule has 86 valence electrons. The zero-order valence-electron chi connectivity index (χ0n) is 9.52. The number of hydrogen-bond acceptors (Lipinski definition) is 5. The number of ether oxygens (including phenoxy) is 2. The Hall–Kier alpha value is -2.48. The van der Waals surface area contributed by atoms with Crippen molar-refractivity contribution < 1.29 is 9.47 Å². The molecule has 1 heterocycles. The van der Waals surface area contributed by atoms with Crippen LogP contribution in [0, 0.1) is 11.3 Å². The summed E-state index contributed by atoms with van der Waals surface area (Å²) in [5.41, 5.74) is 6.64. The number of nitrogen functional groups attached to an aromatic ring is 1. The maximum atomic E-state index is 8.91. The van der Waals surface area contributed by atoms with Gasteiger partial charge in [0.15, 0.2) is 0 Å². The number of methoxy groups -OCH3 is 2. The van der Waals surface area contributed by atoms with Crippen LogP contribution in [0.3, 0.4) is 0 Å². The lowest BCUT2D eigenvalue weighted by Crippen LogP contribution is -1.97. The fourth-order valence-electron chi connectivity index (χ4n) is 1.61. The first-order chi connectivity index (χ1) is 8.19. The molecular formula is C12H11N3O2. The van der Waals surface area contributed by atoms with E-state index < -0.39 is 0 Å². The van der Waals surface area contributed by atoms with E-state index in [1.807, 2.05) is 6.07 Å². The molecular weight excluding hydrogens is 218 g/mol. The first-order valence-corrected chi connectivity index (χ1v) is 4.92. The van der Waals surface area contributed by atoms with Gasteiger partial charge in [-0.25, -0.2) is 4.98 Å². The monoisotopic (exact) mass is 229 g/mol. The fraction of sp³-hybridized carbons (Fsp3) is 0.167. The maximum Gasteiger partial charge on any atom is 0.142 e. The van der Waals surface area contributed by atoms with Gasteiger partial charge in [-0.3, -0.25) is 0 Å². The van der Waals surface area contributed by atoms with Gasteiger partial charge >= 0.3 is 0 Å². The summed E-state index contributed by atoms with van der Waals surface area (Å²) in [4.78, 5) is 4.16. The van der Waals surface area contributed by atoms with E-state index in [-0.39, 0.29) is 5.82 Å². The predicted molar refractivity (Wildman–Crippen MR) is 64.0 cm³/mol. The third kappa shape index (κ3) is 1.81. The Kier molecular flexibility index (Phi) is 2.71. The van der Waals surface area contributed by atoms with Gasteiger partial charge in [-0.05, 0) is 6.07 Å². The summed E-state index contributed by atoms with van der Waals surface area (Å²) in [6.45, 7) is 0. The number of rotatable bonds is 2. The minimum Gasteiger partial charge on any atom is -0.497 e. The molecule has 0 fully saturated rings. The van der Waals surface area contributed by atoms with Crippen LogP contribution in [0.1, 0.15) is 5.56 Å². The first-order valence-electron chi connectivity index (χ1n) is 4.92. The molecule has 2 N–H and O–H groups in total. The predicted octanol–water partition coefficient (Wildman–Crippen LogP) is 1.71. The highest BCUT2D eigenvalue weighted by Gasteiger charge is 2.10. The minimum atomic E-state index is 0.204. The van der Waals surface area contributed by atoms with Gasteiger partial charge in [-0.1, -0.05) is 0 Å². The highest BCUT2D eigenvalue weighted by Crippen LogP contribution is 2.31. The molecule has 5 nitrogen and oxygen atoms in total. The van der Waals surface area contributed by atoms with Crippen LogP contribution in [-0.4, -0.2) is 19.2 Å². The van der Waals surface area contributed by atoms with Crippen LogP contribution in [0.5, 0.6) is 11.5 Å². The van der Waals surface area contributed by atoms with Crippen LogP contribution in [-0.2, 0) is 0 Å². The van der Waals surface area contributed by atoms with Crippen LogP contribution in [0.25, 0.3) is 10.9 Å². The third-order valence-electron chi connectivity index (χ3n) is 2.48. The van der Waals surface area contributed by atoms with Gasteiger partial charge in [-0.15, -0.1) is 0 Å². The standard InChI is InChI=1S/C12H11N3O2/c1-16-8-4-10-9(11(5-8)17-2)3-7(6-13)12(14)15-10/h3-5H,1-2H3,(H2,14,15). The molecule has 0 aliphatic rings. The molecule has 17 heavy (non-hydrogen) atoms. The van der Waals surface area contributed by atoms with E-state index in [0.717, 1.165) is 5.39 Å². The molecule has 0 aliphatic heterocycles. The summed E-state index contributed by atoms with van der Waals surface area (Å²) in [5.74, 6) is 1.43. The second kappa shape index (κ2) is 4.18. The lowest BCUT2D eigenvalue weighted by atomic mass is 10.1. The Bertz CT molecular complexity index is 617. The molecule has 0 saturated heterocycles. The summed E-state index contributed by atoms with van der Waals surface area (Å²) in [5, 5.41) is 9.64. The van der Waals surface area contributed by atoms with Crippen molar-refractivity contribution in [3.05, 3.63) is 23.8 Å². The van der Waals surface area contributed by atoms with E-state index in [2.05, 4.69) is 4.98 Å². The molecule has 0 unspecified atom stereocenters. The number of nitrogens with zero attached hydrogens (tertiary/aromatic N) is 2. The lowest BCUT2D eigenvalue weighted by Gasteiger charge is -2.09. The highest BCUT2D eigenvalue weighted by molar-refractivity contribution is 5.89. The van der Waals surface area contributed by atoms with Crippen molar-refractivity contribution in [1.29, 1.82) is 5.26 Å². The Labute approximate surface area is 98.4 Å². The van der Waals surface area contributed by atoms with E-state index in [1.165, 1.54) is 0 Å². The smallest absolute Gasteiger partial charge is 0.142 e. The number of pyridine rings is 1. The number of nitrogens with two attached hydrogens (primary N) is 1. The Morgan fingerprint density at radius 3 is 2.59 bits per heavy atom. The maximum absolute atomic E-state index is 8.91. The van der Waals surface area contributed by atoms with Gasteiger partial charge < -0.3 is 15.2 Å². The van der Waals surface area contributed by atoms with Crippen LogP contribution >= 0.6 is 0 Å². The molecule has 0 bridgehead atoms. The number of aromatic nitrogens is 1. The molecule has 0 spiro atoms. The molecule has 2 aromatic rings. The molecule has 5 heteroatoms. The fourth-order valence-corrected chi connectivity index (χ4v) is 1.61. The van der Waals surface area contributed by atoms with Crippen molar-refractivity contribution in [1.82, 2.24) is 4.98 Å². The quantitative estimate of drug-likeness (QED) is 0.847. The average molecular weight is 229 g/mol. The van der Waals surface area contributed by atoms with Crippen LogP contribution < -0.4 is 15.2 Å². The zero-order valence-corrected chi connectivity index (χ0v) is 9.52. The van der Waals surface area contributed by atoms with E-state index in [0.29, 0.717) is 22.6 Å². The van der Waals surface area contributed by atoms with Crippen LogP contribution in [0.15, 0.2) is 18.2 Å². The third-order valence-corrected chi connectivity index (χ3v) is 2.48. The van der Waals surface area contributed by atoms with Crippen molar-refractivity contribution >= 4 is 16.7 Å². The Morgan fingerprint density at radius 2 is 2.00 bits per heavy atom. The molecule has 0 aliphatic carbocycles. The van der Waals surface area contributed by atoms with Crippen molar-refractivity contribution in [3.8, 4) is 17.6 Å². The number of fused-ring (bicyclic) bond motifs is 1. The molecule has 1 aromatic carbocycles. The van der Waals surface area contributed by atoms with Crippen molar-refractivity contribution in [2.45, 2.75) is 0 Å². The summed E-state index contributed by atoms with van der Waals surface area (Å²) in [6, 6.07) is 7.14. The lowest BCUT2D eigenvalue weighted by molar-refractivity contribution is 0.398. The van der Waals surface area contributed by atoms with Gasteiger partial charge in [0, 0.05) is 17.5 Å². The molecule has 0 radical (unpaired) electrons. The van der Waals surface area contributed by atoms with Crippen molar-refractivity contribution in [3.63, 3.8) is 0 Å². The molecule has 0 saturated carbocycles. The zero-order chi connectivity index (χ0) is 12.4. The topological polar surface area (TPSA) is 81.2 Å². The van der Waals surface area contributed by atoms with Crippen LogP contribution in [0.2, 0.25) is 0 Å². The highest BCUT2D eigenvalue weighted by atomic mass is 16.5. The SMILES string of the molecule is COc1cc(OC)c2cc(C#N)c(N)nc2c1. The van der Waals surface area contributed by atoms with Gasteiger partial charge in [0.2, 0.25) is 0 Å². The van der Waals surface area contributed by atoms with E-state index in [9.17, 15) is 0 Å². The number of hydrogen-bond donors (Lipinski definition) is 1. The molecule has 0 atom stereocenters. The van der Waals surface area contributed by atoms with Crippen molar-refractivity contribution in [2.24, 2.45) is 0 Å². The number of anilines is 1. The van der Waals surface area contributed by atoms with Crippen LogP contribution in [0.4, 0.5) is 5.82 Å². The summed E-state index contributed by atoms with van der Waals surface area (Å²) < 4.78 is 10.4. The largest absolute Gasteiger partial charge is 0.497 e. The van der Waals surface area contributed by atoms with E-state index in [4.69, 9.17) is 20.5 Å². The van der Waals surface area contributed by atoms with Gasteiger partial charge in [-0.2, -0.15) is 5.26 Å². The molecule has 0 amide bonds. The number of benzene rings is 1. The minimum absolute atomic E-state index is 0.204. The Balaban J connectivity index is 2.81. The average Bonchev–Trinajstić information content (AvgIpc) is 2.36. The van der Waals surface area contributed by atoms with Crippen molar-refractivity contribution in [2.75, 3.05) is 20.0 Å². The van der Waals surface area contributed by atoms with E-state index >= 15 is 0 Å². The summed E-state index contributed by atoms with van der Waals surface area (Å²) in [6.07, 6.45) is 0. The molecule has 1 aromatic heterocycles. The Morgan fingerprint density at radius 1 is 1.24 bits per heavy atom. The summed E-state index contributed by atoms with van der Waals surface area (Å²) in [7, 11) is 3.12. The van der Waals surface area contributed by atoms with E-state index in [1.54, 1.807) is 32.4 Å². The van der Waals surface area contributed by atoms with Gasteiger partial charge in [0.1, 0.15) is 23.4 Å². The normalized spacial score (nSPS) is 9.94. The second-order valence-corrected chi connectivity index (χ2v) is 3.43. The molecule has 2 rings (SSSR count). The van der Waals surface area contributed by atoms with Gasteiger partial charge in [0.05, 0.1) is 25.3 Å². The summed E-state index contributed by atoms with van der Waals surface area (Å²) >= 11 is 0. The first kappa shape index (κ1) is 11.0.